The molecular weight excluding hydrogens is 371 g/mol. The Balaban J connectivity index is 1.88. The summed E-state index contributed by atoms with van der Waals surface area (Å²) in [5.41, 5.74) is 3.66. The molecule has 2 aromatic carbocycles. The Morgan fingerprint density at radius 2 is 1.82 bits per heavy atom. The number of aromatic nitrogens is 1. The van der Waals surface area contributed by atoms with E-state index in [0.29, 0.717) is 17.7 Å². The number of aryl methyl sites for hydroxylation is 1. The van der Waals surface area contributed by atoms with E-state index < -0.39 is 12.3 Å². The van der Waals surface area contributed by atoms with Gasteiger partial charge in [-0.05, 0) is 53.4 Å². The molecule has 7 heteroatoms. The lowest BCUT2D eigenvalue weighted by Gasteiger charge is -2.12. The van der Waals surface area contributed by atoms with Crippen LogP contribution in [0.1, 0.15) is 27.2 Å². The van der Waals surface area contributed by atoms with Crippen molar-refractivity contribution in [1.29, 1.82) is 0 Å². The molecule has 0 bridgehead atoms. The molecule has 0 radical (unpaired) electrons. The van der Waals surface area contributed by atoms with Crippen molar-refractivity contribution in [2.45, 2.75) is 19.7 Å². The van der Waals surface area contributed by atoms with Gasteiger partial charge in [0.15, 0.2) is 0 Å². The summed E-state index contributed by atoms with van der Waals surface area (Å²) in [4.78, 5) is 15.5. The maximum Gasteiger partial charge on any atom is 0.573 e. The fourth-order valence-electron chi connectivity index (χ4n) is 2.90. The molecule has 4 nitrogen and oxygen atoms in total. The number of nitrogens with zero attached hydrogens (tertiary/aromatic N) is 1. The van der Waals surface area contributed by atoms with Crippen molar-refractivity contribution >= 4 is 5.97 Å². The monoisotopic (exact) mass is 387 g/mol. The molecule has 0 unspecified atom stereocenters. The highest BCUT2D eigenvalue weighted by molar-refractivity contribution is 5.88. The Bertz CT molecular complexity index is 1020. The zero-order valence-corrected chi connectivity index (χ0v) is 14.8. The average Bonchev–Trinajstić information content (AvgIpc) is 2.62. The summed E-state index contributed by atoms with van der Waals surface area (Å²) < 4.78 is 41.2. The first-order valence-corrected chi connectivity index (χ1v) is 8.36. The van der Waals surface area contributed by atoms with Crippen LogP contribution < -0.4 is 4.74 Å². The maximum absolute atomic E-state index is 12.4. The second kappa shape index (κ2) is 7.72. The molecule has 28 heavy (non-hydrogen) atoms. The first-order valence-electron chi connectivity index (χ1n) is 8.36. The van der Waals surface area contributed by atoms with Crippen LogP contribution in [0.15, 0.2) is 60.8 Å². The van der Waals surface area contributed by atoms with Gasteiger partial charge in [0.05, 0.1) is 11.3 Å². The van der Waals surface area contributed by atoms with Crippen molar-refractivity contribution in [3.63, 3.8) is 0 Å². The summed E-state index contributed by atoms with van der Waals surface area (Å²) in [5, 5.41) is 9.28. The smallest absolute Gasteiger partial charge is 0.478 e. The molecule has 0 aliphatic heterocycles. The number of aromatic carboxylic acids is 1. The predicted octanol–water partition coefficient (Wildman–Crippen LogP) is 5.24. The Kier molecular flexibility index (Phi) is 5.35. The van der Waals surface area contributed by atoms with Gasteiger partial charge < -0.3 is 9.84 Å². The van der Waals surface area contributed by atoms with E-state index >= 15 is 0 Å². The Morgan fingerprint density at radius 1 is 1.07 bits per heavy atom. The Hall–Kier alpha value is -3.35. The summed E-state index contributed by atoms with van der Waals surface area (Å²) >= 11 is 0. The average molecular weight is 387 g/mol. The summed E-state index contributed by atoms with van der Waals surface area (Å²) in [6.07, 6.45) is -2.87. The number of carboxylic acid groups (broad SMARTS) is 1. The largest absolute Gasteiger partial charge is 0.573 e. The minimum atomic E-state index is -4.75. The molecule has 0 spiro atoms. The fourth-order valence-corrected chi connectivity index (χ4v) is 2.90. The van der Waals surface area contributed by atoms with Gasteiger partial charge in [-0.1, -0.05) is 30.3 Å². The van der Waals surface area contributed by atoms with Crippen LogP contribution in [0.5, 0.6) is 5.75 Å². The van der Waals surface area contributed by atoms with Crippen LogP contribution in [-0.4, -0.2) is 22.4 Å². The zero-order valence-electron chi connectivity index (χ0n) is 14.8. The SMILES string of the molecule is Cc1cc(-c2cccc(OC(F)(F)F)c2)ccc1Cc1ncccc1C(=O)O. The molecule has 0 aliphatic carbocycles. The van der Waals surface area contributed by atoms with E-state index in [-0.39, 0.29) is 11.3 Å². The number of alkyl halides is 3. The number of carbonyl (C=O) groups is 1. The summed E-state index contributed by atoms with van der Waals surface area (Å²) in [5.74, 6) is -1.33. The van der Waals surface area contributed by atoms with E-state index in [1.807, 2.05) is 19.1 Å². The number of pyridine rings is 1. The Labute approximate surface area is 159 Å². The van der Waals surface area contributed by atoms with Crippen molar-refractivity contribution in [1.82, 2.24) is 4.98 Å². The summed E-state index contributed by atoms with van der Waals surface area (Å²) in [6, 6.07) is 14.3. The van der Waals surface area contributed by atoms with Crippen LogP contribution in [0.3, 0.4) is 0 Å². The number of rotatable bonds is 5. The quantitative estimate of drug-likeness (QED) is 0.650. The van der Waals surface area contributed by atoms with Crippen LogP contribution >= 0.6 is 0 Å². The number of benzene rings is 2. The van der Waals surface area contributed by atoms with E-state index in [1.165, 1.54) is 30.5 Å². The lowest BCUT2D eigenvalue weighted by molar-refractivity contribution is -0.274. The molecule has 1 aromatic heterocycles. The van der Waals surface area contributed by atoms with Crippen LogP contribution in [-0.2, 0) is 6.42 Å². The molecule has 0 atom stereocenters. The van der Waals surface area contributed by atoms with E-state index in [2.05, 4.69) is 9.72 Å². The standard InChI is InChI=1S/C21H16F3NO3/c1-13-10-16(15-4-2-5-17(11-15)28-21(22,23)24)8-7-14(13)12-19-18(20(26)27)6-3-9-25-19/h2-11H,12H2,1H3,(H,26,27). The highest BCUT2D eigenvalue weighted by atomic mass is 19.4. The summed E-state index contributed by atoms with van der Waals surface area (Å²) in [7, 11) is 0. The van der Waals surface area contributed by atoms with E-state index in [1.54, 1.807) is 18.2 Å². The second-order valence-corrected chi connectivity index (χ2v) is 6.20. The van der Waals surface area contributed by atoms with E-state index in [0.717, 1.165) is 16.7 Å². The van der Waals surface area contributed by atoms with Gasteiger partial charge in [0.1, 0.15) is 5.75 Å². The molecule has 0 aliphatic rings. The van der Waals surface area contributed by atoms with Crippen molar-refractivity contribution in [2.24, 2.45) is 0 Å². The van der Waals surface area contributed by atoms with Gasteiger partial charge in [0.25, 0.3) is 0 Å². The molecule has 144 valence electrons. The van der Waals surface area contributed by atoms with Gasteiger partial charge in [-0.25, -0.2) is 4.79 Å². The van der Waals surface area contributed by atoms with E-state index in [4.69, 9.17) is 0 Å². The Morgan fingerprint density at radius 3 is 2.50 bits per heavy atom. The second-order valence-electron chi connectivity index (χ2n) is 6.20. The van der Waals surface area contributed by atoms with Crippen molar-refractivity contribution in [3.8, 4) is 16.9 Å². The number of ether oxygens (including phenoxy) is 1. The number of hydrogen-bond donors (Lipinski definition) is 1. The fraction of sp³-hybridized carbons (Fsp3) is 0.143. The molecule has 0 amide bonds. The van der Waals surface area contributed by atoms with Gasteiger partial charge in [0, 0.05) is 12.6 Å². The maximum atomic E-state index is 12.4. The normalized spacial score (nSPS) is 11.3. The van der Waals surface area contributed by atoms with Gasteiger partial charge in [-0.15, -0.1) is 13.2 Å². The first-order chi connectivity index (χ1) is 13.2. The third kappa shape index (κ3) is 4.68. The summed E-state index contributed by atoms with van der Waals surface area (Å²) in [6.45, 7) is 1.86. The van der Waals surface area contributed by atoms with Crippen molar-refractivity contribution in [3.05, 3.63) is 83.2 Å². The highest BCUT2D eigenvalue weighted by Crippen LogP contribution is 2.29. The molecule has 1 heterocycles. The molecular formula is C21H16F3NO3. The van der Waals surface area contributed by atoms with Crippen LogP contribution in [0.25, 0.3) is 11.1 Å². The van der Waals surface area contributed by atoms with Gasteiger partial charge in [-0.3, -0.25) is 4.98 Å². The molecule has 3 aromatic rings. The minimum absolute atomic E-state index is 0.142. The molecule has 0 saturated carbocycles. The third-order valence-corrected chi connectivity index (χ3v) is 4.22. The number of halogens is 3. The highest BCUT2D eigenvalue weighted by Gasteiger charge is 2.31. The van der Waals surface area contributed by atoms with Crippen LogP contribution in [0.2, 0.25) is 0 Å². The van der Waals surface area contributed by atoms with E-state index in [9.17, 15) is 23.1 Å². The molecule has 0 saturated heterocycles. The van der Waals surface area contributed by atoms with Crippen LogP contribution in [0.4, 0.5) is 13.2 Å². The number of carboxylic acids is 1. The zero-order chi connectivity index (χ0) is 20.3. The van der Waals surface area contributed by atoms with Crippen molar-refractivity contribution < 1.29 is 27.8 Å². The lowest BCUT2D eigenvalue weighted by atomic mass is 9.96. The number of hydrogen-bond acceptors (Lipinski definition) is 3. The first kappa shape index (κ1) is 19.4. The third-order valence-electron chi connectivity index (χ3n) is 4.22. The van der Waals surface area contributed by atoms with Gasteiger partial charge >= 0.3 is 12.3 Å². The van der Waals surface area contributed by atoms with Gasteiger partial charge in [0.2, 0.25) is 0 Å². The van der Waals surface area contributed by atoms with Gasteiger partial charge in [-0.2, -0.15) is 0 Å². The topological polar surface area (TPSA) is 59.4 Å². The minimum Gasteiger partial charge on any atom is -0.478 e. The van der Waals surface area contributed by atoms with Crippen LogP contribution in [0, 0.1) is 6.92 Å². The lowest BCUT2D eigenvalue weighted by Crippen LogP contribution is -2.17. The molecule has 0 fully saturated rings. The molecule has 3 rings (SSSR count). The van der Waals surface area contributed by atoms with Crippen molar-refractivity contribution in [2.75, 3.05) is 0 Å². The predicted molar refractivity (Wildman–Crippen MR) is 97.3 cm³/mol. The molecule has 1 N–H and O–H groups in total.